The number of anilines is 2. The number of hydrogen-bond acceptors (Lipinski definition) is 6. The number of carbonyl (C=O) groups is 1. The fourth-order valence-corrected chi connectivity index (χ4v) is 5.61. The molecule has 1 aromatic heterocycles. The van der Waals surface area contributed by atoms with Crippen molar-refractivity contribution in [2.45, 2.75) is 31.7 Å². The molecule has 0 spiro atoms. The van der Waals surface area contributed by atoms with Gasteiger partial charge in [-0.1, -0.05) is 36.0 Å². The molecular weight excluding hydrogens is 430 g/mol. The second-order valence-electron chi connectivity index (χ2n) is 8.91. The molecule has 0 aliphatic carbocycles. The quantitative estimate of drug-likeness (QED) is 0.529. The molecule has 5 rings (SSSR count). The third-order valence-electron chi connectivity index (χ3n) is 6.81. The lowest BCUT2D eigenvalue weighted by atomic mass is 10.1. The van der Waals surface area contributed by atoms with Crippen molar-refractivity contribution in [3.63, 3.8) is 0 Å². The van der Waals surface area contributed by atoms with Crippen LogP contribution >= 0.6 is 11.8 Å². The van der Waals surface area contributed by atoms with Crippen molar-refractivity contribution in [3.8, 4) is 0 Å². The Hall–Kier alpha value is -2.80. The van der Waals surface area contributed by atoms with Crippen molar-refractivity contribution in [2.24, 2.45) is 0 Å². The average Bonchev–Trinajstić information content (AvgIpc) is 3.39. The van der Waals surface area contributed by atoms with Gasteiger partial charge in [0.15, 0.2) is 5.82 Å². The van der Waals surface area contributed by atoms with Gasteiger partial charge < -0.3 is 14.7 Å². The monoisotopic (exact) mass is 461 g/mol. The number of rotatable bonds is 5. The average molecular weight is 462 g/mol. The van der Waals surface area contributed by atoms with Crippen LogP contribution in [0.25, 0.3) is 11.0 Å². The van der Waals surface area contributed by atoms with Crippen molar-refractivity contribution in [1.29, 1.82) is 0 Å². The van der Waals surface area contributed by atoms with E-state index in [0.29, 0.717) is 5.75 Å². The van der Waals surface area contributed by atoms with Gasteiger partial charge in [0, 0.05) is 45.0 Å². The van der Waals surface area contributed by atoms with Gasteiger partial charge in [0.2, 0.25) is 5.91 Å². The van der Waals surface area contributed by atoms with Crippen molar-refractivity contribution in [3.05, 3.63) is 53.6 Å². The van der Waals surface area contributed by atoms with Crippen LogP contribution in [0.4, 0.5) is 11.5 Å². The first kappa shape index (κ1) is 22.0. The van der Waals surface area contributed by atoms with Crippen LogP contribution in [0.3, 0.4) is 0 Å². The zero-order valence-corrected chi connectivity index (χ0v) is 20.3. The van der Waals surface area contributed by atoms with E-state index in [1.165, 1.54) is 41.4 Å². The number of aryl methyl sites for hydroxylation is 1. The highest BCUT2D eigenvalue weighted by Crippen LogP contribution is 2.31. The largest absolute Gasteiger partial charge is 0.368 e. The van der Waals surface area contributed by atoms with Crippen LogP contribution in [-0.4, -0.2) is 65.8 Å². The Bertz CT molecular complexity index is 1150. The molecule has 2 aliphatic heterocycles. The fraction of sp³-hybridized carbons (Fsp3) is 0.423. The Labute approximate surface area is 200 Å². The normalized spacial score (nSPS) is 16.6. The summed E-state index contributed by atoms with van der Waals surface area (Å²) in [6.45, 7) is 9.61. The minimum atomic E-state index is 0.183. The molecule has 3 aromatic rings. The summed E-state index contributed by atoms with van der Waals surface area (Å²) in [5.74, 6) is 1.52. The lowest BCUT2D eigenvalue weighted by molar-refractivity contribution is -0.128. The summed E-state index contributed by atoms with van der Waals surface area (Å²) in [7, 11) is 0. The van der Waals surface area contributed by atoms with Crippen LogP contribution < -0.4 is 9.80 Å². The van der Waals surface area contributed by atoms with Crippen LogP contribution in [0.5, 0.6) is 0 Å². The minimum absolute atomic E-state index is 0.183. The van der Waals surface area contributed by atoms with E-state index < -0.39 is 0 Å². The zero-order valence-electron chi connectivity index (χ0n) is 19.5. The molecule has 0 N–H and O–H groups in total. The summed E-state index contributed by atoms with van der Waals surface area (Å²) >= 11 is 1.53. The van der Waals surface area contributed by atoms with Crippen LogP contribution in [0, 0.1) is 13.8 Å². The number of aromatic nitrogens is 2. The molecule has 2 aliphatic rings. The van der Waals surface area contributed by atoms with Gasteiger partial charge in [0.1, 0.15) is 5.03 Å². The summed E-state index contributed by atoms with van der Waals surface area (Å²) in [6, 6.07) is 14.5. The third-order valence-corrected chi connectivity index (χ3v) is 7.75. The van der Waals surface area contributed by atoms with Crippen LogP contribution in [0.1, 0.15) is 24.0 Å². The van der Waals surface area contributed by atoms with E-state index in [0.717, 1.165) is 61.1 Å². The van der Waals surface area contributed by atoms with Gasteiger partial charge >= 0.3 is 0 Å². The summed E-state index contributed by atoms with van der Waals surface area (Å²) in [5, 5.41) is 0.873. The van der Waals surface area contributed by atoms with Crippen molar-refractivity contribution >= 4 is 40.2 Å². The van der Waals surface area contributed by atoms with E-state index in [2.05, 4.69) is 41.8 Å². The van der Waals surface area contributed by atoms with Gasteiger partial charge in [-0.2, -0.15) is 0 Å². The summed E-state index contributed by atoms with van der Waals surface area (Å²) in [6.07, 6.45) is 2.37. The molecular formula is C26H31N5OS. The lowest BCUT2D eigenvalue weighted by Crippen LogP contribution is -2.49. The highest BCUT2D eigenvalue weighted by atomic mass is 32.2. The van der Waals surface area contributed by atoms with E-state index in [4.69, 9.17) is 9.97 Å². The van der Waals surface area contributed by atoms with Gasteiger partial charge in [0.05, 0.1) is 16.8 Å². The molecule has 2 fully saturated rings. The number of nitrogens with zero attached hydrogens (tertiary/aromatic N) is 5. The molecule has 0 atom stereocenters. The Kier molecular flexibility index (Phi) is 6.40. The number of fused-ring (bicyclic) bond motifs is 1. The van der Waals surface area contributed by atoms with Crippen LogP contribution in [0.2, 0.25) is 0 Å². The molecule has 0 radical (unpaired) electrons. The maximum absolute atomic E-state index is 13.1. The number of carbonyl (C=O) groups excluding carboxylic acids is 1. The second kappa shape index (κ2) is 9.59. The van der Waals surface area contributed by atoms with Crippen molar-refractivity contribution in [2.75, 3.05) is 54.8 Å². The van der Waals surface area contributed by atoms with E-state index in [1.54, 1.807) is 0 Å². The topological polar surface area (TPSA) is 52.6 Å². The first-order valence-corrected chi connectivity index (χ1v) is 12.8. The van der Waals surface area contributed by atoms with E-state index in [1.807, 2.05) is 29.2 Å². The summed E-state index contributed by atoms with van der Waals surface area (Å²) in [4.78, 5) is 29.6. The van der Waals surface area contributed by atoms with Crippen molar-refractivity contribution in [1.82, 2.24) is 14.9 Å². The molecule has 33 heavy (non-hydrogen) atoms. The molecule has 2 saturated heterocycles. The number of hydrogen-bond donors (Lipinski definition) is 0. The first-order chi connectivity index (χ1) is 16.1. The summed E-state index contributed by atoms with van der Waals surface area (Å²) < 4.78 is 0. The molecule has 0 saturated carbocycles. The standard InChI is InChI=1S/C26H31N5OS/c1-19-8-7-11-23(20(19)2)29-14-16-30(17-15-29)24(32)18-33-26-25(31-12-5-6-13-31)27-21-9-3-4-10-22(21)28-26/h3-4,7-11H,5-6,12-18H2,1-2H3. The maximum Gasteiger partial charge on any atom is 0.233 e. The molecule has 0 bridgehead atoms. The van der Waals surface area contributed by atoms with Gasteiger partial charge in [-0.15, -0.1) is 0 Å². The molecule has 0 unspecified atom stereocenters. The highest BCUT2D eigenvalue weighted by Gasteiger charge is 2.24. The smallest absolute Gasteiger partial charge is 0.233 e. The number of para-hydroxylation sites is 2. The van der Waals surface area contributed by atoms with E-state index in [9.17, 15) is 4.79 Å². The number of thioether (sulfide) groups is 1. The Balaban J connectivity index is 1.25. The molecule has 7 heteroatoms. The second-order valence-corrected chi connectivity index (χ2v) is 9.87. The van der Waals surface area contributed by atoms with E-state index in [-0.39, 0.29) is 5.91 Å². The van der Waals surface area contributed by atoms with Gasteiger partial charge in [0.25, 0.3) is 0 Å². The molecule has 3 heterocycles. The lowest BCUT2D eigenvalue weighted by Gasteiger charge is -2.37. The summed E-state index contributed by atoms with van der Waals surface area (Å²) in [5.41, 5.74) is 5.73. The van der Waals surface area contributed by atoms with Gasteiger partial charge in [-0.05, 0) is 56.0 Å². The number of benzene rings is 2. The zero-order chi connectivity index (χ0) is 22.8. The predicted molar refractivity (Wildman–Crippen MR) is 136 cm³/mol. The van der Waals surface area contributed by atoms with Crippen LogP contribution in [-0.2, 0) is 4.79 Å². The highest BCUT2D eigenvalue weighted by molar-refractivity contribution is 8.00. The van der Waals surface area contributed by atoms with Gasteiger partial charge in [-0.25, -0.2) is 9.97 Å². The molecule has 172 valence electrons. The Morgan fingerprint density at radius 3 is 2.27 bits per heavy atom. The SMILES string of the molecule is Cc1cccc(N2CCN(C(=O)CSc3nc4ccccc4nc3N3CCCC3)CC2)c1C. The Morgan fingerprint density at radius 1 is 0.848 bits per heavy atom. The molecule has 2 aromatic carbocycles. The minimum Gasteiger partial charge on any atom is -0.368 e. The van der Waals surface area contributed by atoms with Gasteiger partial charge in [-0.3, -0.25) is 4.79 Å². The van der Waals surface area contributed by atoms with E-state index >= 15 is 0 Å². The van der Waals surface area contributed by atoms with Crippen molar-refractivity contribution < 1.29 is 4.79 Å². The Morgan fingerprint density at radius 2 is 1.55 bits per heavy atom. The predicted octanol–water partition coefficient (Wildman–Crippen LogP) is 4.29. The maximum atomic E-state index is 13.1. The molecule has 1 amide bonds. The fourth-order valence-electron chi connectivity index (χ4n) is 4.70. The number of piperazine rings is 1. The third kappa shape index (κ3) is 4.64. The molecule has 6 nitrogen and oxygen atoms in total. The van der Waals surface area contributed by atoms with Crippen LogP contribution in [0.15, 0.2) is 47.5 Å². The number of amides is 1. The first-order valence-electron chi connectivity index (χ1n) is 11.8.